The van der Waals surface area contributed by atoms with Gasteiger partial charge in [0.1, 0.15) is 11.9 Å². The molecule has 0 N–H and O–H groups in total. The van der Waals surface area contributed by atoms with Gasteiger partial charge in [-0.3, -0.25) is 9.38 Å². The number of ether oxygens (including phenoxy) is 1. The van der Waals surface area contributed by atoms with Crippen LogP contribution >= 0.6 is 11.6 Å². The van der Waals surface area contributed by atoms with Crippen molar-refractivity contribution in [2.75, 3.05) is 44.2 Å². The molecule has 0 bridgehead atoms. The smallest absolute Gasteiger partial charge is 0.257 e. The van der Waals surface area contributed by atoms with Crippen molar-refractivity contribution in [2.24, 2.45) is 0 Å². The minimum absolute atomic E-state index is 0.00791. The molecule has 9 heteroatoms. The number of hydrogen-bond donors (Lipinski definition) is 0. The summed E-state index contributed by atoms with van der Waals surface area (Å²) >= 11 is 6.60. The summed E-state index contributed by atoms with van der Waals surface area (Å²) in [5, 5.41) is 12.6. The van der Waals surface area contributed by atoms with Crippen molar-refractivity contribution in [3.05, 3.63) is 46.7 Å². The summed E-state index contributed by atoms with van der Waals surface area (Å²) in [5.74, 6) is 1.49. The number of carbonyl (C=O) groups is 1. The van der Waals surface area contributed by atoms with Gasteiger partial charge in [-0.2, -0.15) is 0 Å². The Morgan fingerprint density at radius 2 is 1.75 bits per heavy atom. The summed E-state index contributed by atoms with van der Waals surface area (Å²) in [6.45, 7) is 12.9. The first-order valence-electron chi connectivity index (χ1n) is 12.9. The molecule has 0 radical (unpaired) electrons. The Morgan fingerprint density at radius 3 is 2.28 bits per heavy atom. The maximum Gasteiger partial charge on any atom is 0.257 e. The first-order chi connectivity index (χ1) is 17.1. The van der Waals surface area contributed by atoms with Gasteiger partial charge in [-0.05, 0) is 50.5 Å². The number of piperidine rings is 1. The van der Waals surface area contributed by atoms with E-state index in [0.29, 0.717) is 37.0 Å². The molecular weight excluding hydrogens is 478 g/mol. The van der Waals surface area contributed by atoms with Gasteiger partial charge < -0.3 is 19.5 Å². The second kappa shape index (κ2) is 10.9. The third-order valence-electron chi connectivity index (χ3n) is 7.75. The molecule has 2 aliphatic rings. The van der Waals surface area contributed by atoms with Gasteiger partial charge in [0.25, 0.3) is 6.09 Å². The van der Waals surface area contributed by atoms with E-state index in [9.17, 15) is 9.90 Å². The minimum atomic E-state index is -0.987. The van der Waals surface area contributed by atoms with Gasteiger partial charge in [0, 0.05) is 58.0 Å². The number of amides is 1. The fraction of sp³-hybridized carbons (Fsp3) is 0.593. The van der Waals surface area contributed by atoms with E-state index in [1.165, 1.54) is 0 Å². The number of benzene rings is 1. The Hall–Kier alpha value is -2.42. The molecule has 8 nitrogen and oxygen atoms in total. The molecule has 0 spiro atoms. The summed E-state index contributed by atoms with van der Waals surface area (Å²) in [5.41, 5.74) is 1.85. The summed E-state index contributed by atoms with van der Waals surface area (Å²) in [6.07, 6.45) is 5.63. The molecular formula is C27H38ClN5O3. The van der Waals surface area contributed by atoms with Crippen LogP contribution in [0.3, 0.4) is 0 Å². The van der Waals surface area contributed by atoms with Crippen LogP contribution in [-0.4, -0.2) is 76.4 Å². The zero-order valence-corrected chi connectivity index (χ0v) is 22.6. The van der Waals surface area contributed by atoms with Crippen molar-refractivity contribution in [3.63, 3.8) is 0 Å². The van der Waals surface area contributed by atoms with Crippen LogP contribution in [0, 0.1) is 0 Å². The van der Waals surface area contributed by atoms with E-state index >= 15 is 0 Å². The molecule has 2 fully saturated rings. The lowest BCUT2D eigenvalue weighted by Gasteiger charge is -2.52. The third kappa shape index (κ3) is 5.76. The average Bonchev–Trinajstić information content (AvgIpc) is 2.86. The predicted molar refractivity (Wildman–Crippen MR) is 139 cm³/mol. The number of hydrogen-bond acceptors (Lipinski definition) is 7. The number of aromatic nitrogens is 2. The number of rotatable bonds is 6. The Kier molecular flexibility index (Phi) is 8.07. The maximum atomic E-state index is 11.9. The van der Waals surface area contributed by atoms with Gasteiger partial charge in [-0.25, -0.2) is 9.97 Å². The van der Waals surface area contributed by atoms with Crippen LogP contribution in [0.2, 0.25) is 5.02 Å². The maximum absolute atomic E-state index is 11.9. The van der Waals surface area contributed by atoms with E-state index < -0.39 is 11.6 Å². The van der Waals surface area contributed by atoms with E-state index in [1.54, 1.807) is 0 Å². The standard InChI is InChI=1S/C27H38ClN5O3/c1-5-20-17-29-25(30-18-20)32-10-8-22(9-11-32)36-24-7-6-21(16-23(24)28)19-31-12-14-33(15-13-31,26(34)35)27(2,3)4/h6-7,16-18,22H,5,8-15,19H2,1-4H3. The van der Waals surface area contributed by atoms with Crippen molar-refractivity contribution in [2.45, 2.75) is 65.1 Å². The van der Waals surface area contributed by atoms with Crippen LogP contribution in [0.15, 0.2) is 30.6 Å². The van der Waals surface area contributed by atoms with E-state index in [4.69, 9.17) is 16.3 Å². The van der Waals surface area contributed by atoms with Crippen LogP contribution < -0.4 is 14.7 Å². The molecule has 36 heavy (non-hydrogen) atoms. The molecule has 1 aromatic carbocycles. The number of aryl methyl sites for hydroxylation is 1. The van der Waals surface area contributed by atoms with Crippen molar-refractivity contribution in [1.82, 2.24) is 14.9 Å². The summed E-state index contributed by atoms with van der Waals surface area (Å²) < 4.78 is 6.25. The Labute approximate surface area is 219 Å². The van der Waals surface area contributed by atoms with Crippen molar-refractivity contribution in [3.8, 4) is 5.75 Å². The normalized spacial score (nSPS) is 19.3. The number of carbonyl (C=O) groups excluding carboxylic acids is 1. The lowest BCUT2D eigenvalue weighted by atomic mass is 10.00. The lowest BCUT2D eigenvalue weighted by molar-refractivity contribution is -0.923. The first-order valence-corrected chi connectivity index (χ1v) is 13.3. The molecule has 1 aromatic heterocycles. The monoisotopic (exact) mass is 515 g/mol. The Bertz CT molecular complexity index is 1040. The molecule has 3 heterocycles. The third-order valence-corrected chi connectivity index (χ3v) is 8.05. The van der Waals surface area contributed by atoms with Crippen LogP contribution in [0.4, 0.5) is 10.7 Å². The molecule has 4 rings (SSSR count). The molecule has 0 unspecified atom stereocenters. The highest BCUT2D eigenvalue weighted by Gasteiger charge is 2.45. The van der Waals surface area contributed by atoms with E-state index in [1.807, 2.05) is 45.3 Å². The number of piperazine rings is 1. The summed E-state index contributed by atoms with van der Waals surface area (Å²) in [7, 11) is 0. The van der Waals surface area contributed by atoms with Crippen molar-refractivity contribution >= 4 is 23.6 Å². The zero-order chi connectivity index (χ0) is 25.9. The largest absolute Gasteiger partial charge is 0.498 e. The summed E-state index contributed by atoms with van der Waals surface area (Å²) in [4.78, 5) is 25.4. The van der Waals surface area contributed by atoms with Gasteiger partial charge in [0.05, 0.1) is 23.7 Å². The quantitative estimate of drug-likeness (QED) is 0.544. The molecule has 196 valence electrons. The molecule has 0 aliphatic carbocycles. The number of carboxylic acid groups (broad SMARTS) is 1. The number of quaternary nitrogens is 1. The average molecular weight is 516 g/mol. The van der Waals surface area contributed by atoms with Crippen LogP contribution in [-0.2, 0) is 13.0 Å². The zero-order valence-electron chi connectivity index (χ0n) is 21.9. The number of halogens is 1. The van der Waals surface area contributed by atoms with Gasteiger partial charge in [-0.1, -0.05) is 24.6 Å². The second-order valence-electron chi connectivity index (χ2n) is 10.9. The molecule has 2 aliphatic heterocycles. The highest BCUT2D eigenvalue weighted by Crippen LogP contribution is 2.31. The van der Waals surface area contributed by atoms with Crippen LogP contribution in [0.25, 0.3) is 0 Å². The van der Waals surface area contributed by atoms with Crippen molar-refractivity contribution in [1.29, 1.82) is 0 Å². The van der Waals surface area contributed by atoms with Crippen LogP contribution in [0.5, 0.6) is 5.75 Å². The van der Waals surface area contributed by atoms with Crippen LogP contribution in [0.1, 0.15) is 51.7 Å². The van der Waals surface area contributed by atoms with Gasteiger partial charge in [0.15, 0.2) is 0 Å². The Morgan fingerprint density at radius 1 is 1.11 bits per heavy atom. The predicted octanol–water partition coefficient (Wildman–Crippen LogP) is 3.51. The molecule has 0 atom stereocenters. The second-order valence-corrected chi connectivity index (χ2v) is 11.3. The van der Waals surface area contributed by atoms with Gasteiger partial charge >= 0.3 is 0 Å². The molecule has 1 amide bonds. The fourth-order valence-electron chi connectivity index (χ4n) is 5.18. The van der Waals surface area contributed by atoms with Gasteiger partial charge in [0.2, 0.25) is 5.95 Å². The lowest BCUT2D eigenvalue weighted by Crippen LogP contribution is -2.73. The van der Waals surface area contributed by atoms with E-state index in [-0.39, 0.29) is 10.6 Å². The number of nitrogens with zero attached hydrogens (tertiary/aromatic N) is 5. The fourth-order valence-corrected chi connectivity index (χ4v) is 5.42. The van der Waals surface area contributed by atoms with E-state index in [0.717, 1.165) is 56.0 Å². The SMILES string of the molecule is CCc1cnc(N2CCC(Oc3ccc(CN4CC[N+](C(=O)[O-])(C(C)(C)C)CC4)cc3Cl)CC2)nc1. The summed E-state index contributed by atoms with van der Waals surface area (Å²) in [6, 6.07) is 5.98. The van der Waals surface area contributed by atoms with Gasteiger partial charge in [-0.15, -0.1) is 0 Å². The minimum Gasteiger partial charge on any atom is -0.498 e. The first kappa shape index (κ1) is 26.6. The topological polar surface area (TPSA) is 81.6 Å². The van der Waals surface area contributed by atoms with Crippen molar-refractivity contribution < 1.29 is 19.1 Å². The Balaban J connectivity index is 1.29. The highest BCUT2D eigenvalue weighted by molar-refractivity contribution is 6.32. The van der Waals surface area contributed by atoms with E-state index in [2.05, 4.69) is 32.8 Å². The molecule has 2 aromatic rings. The number of anilines is 1. The molecule has 2 saturated heterocycles. The molecule has 0 saturated carbocycles. The highest BCUT2D eigenvalue weighted by atomic mass is 35.5.